The molecule has 0 spiro atoms. The number of rotatable bonds is 31. The molecule has 12 amide bonds. The Bertz CT molecular complexity index is 7130. The molecule has 0 saturated heterocycles. The van der Waals surface area contributed by atoms with Crippen LogP contribution >= 0.6 is 11.6 Å². The molecule has 16 rings (SSSR count). The number of amides is 12. The first-order valence-corrected chi connectivity index (χ1v) is 46.3. The van der Waals surface area contributed by atoms with Gasteiger partial charge in [0.25, 0.3) is 23.6 Å². The first-order chi connectivity index (χ1) is 70.7. The molecule has 33 heteroatoms. The maximum atomic E-state index is 13.8. The lowest BCUT2D eigenvalue weighted by molar-refractivity contribution is -0.138. The van der Waals surface area contributed by atoms with Crippen molar-refractivity contribution < 1.29 is 73.5 Å². The van der Waals surface area contributed by atoms with Gasteiger partial charge in [0.1, 0.15) is 11.6 Å². The number of benzene rings is 12. The number of carbonyl (C=O) groups is 8. The number of nitrogens with zero attached hydrogens (tertiary/aromatic N) is 4. The van der Waals surface area contributed by atoms with E-state index in [1.54, 1.807) is 91.5 Å². The smallest absolute Gasteiger partial charge is 0.352 e. The maximum absolute atomic E-state index is 13.8. The Morgan fingerprint density at radius 3 is 0.873 bits per heavy atom. The van der Waals surface area contributed by atoms with E-state index in [0.717, 1.165) is 109 Å². The average molecular weight is 2060 g/mol. The van der Waals surface area contributed by atoms with E-state index in [9.17, 15) is 73.5 Å². The Morgan fingerprint density at radius 2 is 0.547 bits per heavy atom. The first kappa shape index (κ1) is 116. The van der Waals surface area contributed by atoms with Crippen molar-refractivity contribution in [1.29, 1.82) is 0 Å². The number of hydrogen-bond acceptors (Lipinski definition) is 12. The molecule has 0 radical (unpaired) electrons. The molecule has 4 aromatic heterocycles. The van der Waals surface area contributed by atoms with Crippen LogP contribution in [0.25, 0.3) is 44.5 Å². The lowest BCUT2D eigenvalue weighted by atomic mass is 9.95. The summed E-state index contributed by atoms with van der Waals surface area (Å²) >= 11 is 5.90. The summed E-state index contributed by atoms with van der Waals surface area (Å²) < 4.78 is 104. The number of urea groups is 4. The van der Waals surface area contributed by atoms with Crippen LogP contribution in [0.15, 0.2) is 383 Å². The van der Waals surface area contributed by atoms with Gasteiger partial charge in [0.15, 0.2) is 0 Å². The largest absolute Gasteiger partial charge is 0.416 e. The van der Waals surface area contributed by atoms with Gasteiger partial charge in [-0.15, -0.1) is 0 Å². The molecule has 0 saturated carbocycles. The van der Waals surface area contributed by atoms with E-state index in [4.69, 9.17) is 11.6 Å². The van der Waals surface area contributed by atoms with Crippen LogP contribution in [-0.4, -0.2) is 87.3 Å². The molecule has 150 heavy (non-hydrogen) atoms. The SMILES string of the molecule is C.C.C.C.O=C(NCc1ccccc1-c1ccccc1C(=O)NCCc1ccccn1)Nc1ccc(C(F)(F)F)cc1.O=C(NCc1ccccc1-c1ccccc1C(=O)NCCc1ccccn1)Nc1ccc(Cl)cc1.O=C(NCc1ccccc1-c1ccccc1C(=O)NCCc1ccccn1)Nc1cccc(C(F)(F)F)c1.O=C(NCc1ccccc1-c1ccccc1C(=O)NCc1ccccn1)Nc1ccc(F)cc1F. The van der Waals surface area contributed by atoms with Crippen molar-refractivity contribution in [2.24, 2.45) is 0 Å². The summed E-state index contributed by atoms with van der Waals surface area (Å²) in [6.45, 7) is 2.27. The summed E-state index contributed by atoms with van der Waals surface area (Å²) in [7, 11) is 0. The predicted molar refractivity (Wildman–Crippen MR) is 575 cm³/mol. The van der Waals surface area contributed by atoms with Gasteiger partial charge < -0.3 is 63.8 Å². The van der Waals surface area contributed by atoms with Crippen LogP contribution in [-0.2, 0) is 64.3 Å². The minimum atomic E-state index is -4.51. The lowest BCUT2D eigenvalue weighted by Crippen LogP contribution is -2.29. The highest BCUT2D eigenvalue weighted by atomic mass is 35.5. The second kappa shape index (κ2) is 58.2. The van der Waals surface area contributed by atoms with Crippen LogP contribution in [0.1, 0.15) is 127 Å². The predicted octanol–water partition coefficient (Wildman–Crippen LogP) is 25.6. The normalized spacial score (nSPS) is 10.5. The third-order valence-corrected chi connectivity index (χ3v) is 22.5. The number of nitrogens with one attached hydrogen (secondary N) is 12. The minimum Gasteiger partial charge on any atom is -0.352 e. The van der Waals surface area contributed by atoms with E-state index in [-0.39, 0.29) is 103 Å². The number of anilines is 4. The van der Waals surface area contributed by atoms with Gasteiger partial charge in [-0.05, 0) is 218 Å². The Hall–Kier alpha value is -18.1. The monoisotopic (exact) mass is 2060 g/mol. The van der Waals surface area contributed by atoms with Crippen LogP contribution in [0.4, 0.5) is 77.1 Å². The standard InChI is InChI=1S/2C29H25F3N4O2.C28H25ClN4O2.C27H22F2N4O2.4CH4/c30-29(31,32)21-9-7-11-23(18-21)36-28(38)35-19-20-8-1-2-12-24(20)25-13-3-4-14-26(25)27(37)34-17-15-22-10-5-6-16-33-22;30-29(31,32)21-12-14-23(15-13-21)36-28(38)35-19-20-7-1-2-9-24(20)25-10-3-4-11-26(25)27(37)34-18-16-22-8-5-6-17-33-22;29-21-12-14-23(15-13-21)33-28(35)32-19-20-7-1-2-9-24(20)25-10-3-4-11-26(25)27(34)31-18-16-22-8-5-6-17-30-22;28-19-12-13-25(24(29)15-19)33-27(35)32-16-18-7-1-2-9-21(18)22-10-3-4-11-23(22)26(34)31-17-20-8-5-6-14-30-20;;;;/h1-14,16,18H,15,17,19H2,(H,34,37)(H2,35,36,38);1-15,17H,16,18-19H2,(H,34,37)(H2,35,36,38);1-15,17H,16,18-19H2,(H,31,34)(H2,32,33,35);1-15H,16-17H2,(H,31,34)(H2,32,33,35);4*1H4. The summed E-state index contributed by atoms with van der Waals surface area (Å²) in [5.41, 5.74) is 13.8. The second-order valence-corrected chi connectivity index (χ2v) is 32.7. The fraction of sp³-hybridized carbons (Fsp3) is 0.145. The summed E-state index contributed by atoms with van der Waals surface area (Å²) in [5.74, 6) is -2.46. The van der Waals surface area contributed by atoms with Crippen LogP contribution in [0, 0.1) is 11.6 Å². The Balaban J connectivity index is 0.000000220. The summed E-state index contributed by atoms with van der Waals surface area (Å²) in [5, 5.41) is 33.4. The third-order valence-electron chi connectivity index (χ3n) is 22.2. The van der Waals surface area contributed by atoms with Crippen molar-refractivity contribution >= 4 is 82.1 Å². The molecule has 4 heterocycles. The molecule has 0 aliphatic carbocycles. The highest BCUT2D eigenvalue weighted by Gasteiger charge is 2.32. The highest BCUT2D eigenvalue weighted by molar-refractivity contribution is 6.30. The van der Waals surface area contributed by atoms with Crippen molar-refractivity contribution in [3.8, 4) is 44.5 Å². The number of alkyl halides is 6. The van der Waals surface area contributed by atoms with E-state index >= 15 is 0 Å². The molecule has 0 bridgehead atoms. The van der Waals surface area contributed by atoms with Gasteiger partial charge in [-0.1, -0.05) is 241 Å². The first-order valence-electron chi connectivity index (χ1n) is 45.9. The maximum Gasteiger partial charge on any atom is 0.416 e. The summed E-state index contributed by atoms with van der Waals surface area (Å²) in [6.07, 6.45) is -0.287. The van der Waals surface area contributed by atoms with E-state index < -0.39 is 53.2 Å². The molecule has 16 aromatic rings. The van der Waals surface area contributed by atoms with Crippen molar-refractivity contribution in [3.63, 3.8) is 0 Å². The zero-order valence-electron chi connectivity index (χ0n) is 78.1. The number of hydrogen-bond donors (Lipinski definition) is 12. The van der Waals surface area contributed by atoms with Crippen LogP contribution in [0.2, 0.25) is 5.02 Å². The van der Waals surface area contributed by atoms with Gasteiger partial charge in [-0.2, -0.15) is 26.3 Å². The fourth-order valence-electron chi connectivity index (χ4n) is 15.1. The summed E-state index contributed by atoms with van der Waals surface area (Å²) in [4.78, 5) is 119. The van der Waals surface area contributed by atoms with Gasteiger partial charge in [-0.3, -0.25) is 39.1 Å². The van der Waals surface area contributed by atoms with Crippen molar-refractivity contribution in [2.45, 2.75) is 94.0 Å². The third kappa shape index (κ3) is 35.1. The number of halogens is 9. The van der Waals surface area contributed by atoms with Crippen molar-refractivity contribution in [3.05, 3.63) is 478 Å². The molecule has 0 aliphatic heterocycles. The van der Waals surface area contributed by atoms with Crippen LogP contribution < -0.4 is 63.8 Å². The molecule has 0 unspecified atom stereocenters. The molecule has 12 aromatic carbocycles. The van der Waals surface area contributed by atoms with Crippen molar-refractivity contribution in [2.75, 3.05) is 40.9 Å². The van der Waals surface area contributed by atoms with Crippen LogP contribution in [0.3, 0.4) is 0 Å². The topological polar surface area (TPSA) is 332 Å². The average Bonchev–Trinajstić information content (AvgIpc) is 0.816. The quantitative estimate of drug-likeness (QED) is 0.0181. The zero-order valence-corrected chi connectivity index (χ0v) is 78.9. The van der Waals surface area contributed by atoms with Gasteiger partial charge in [0.2, 0.25) is 0 Å². The minimum absolute atomic E-state index is 0. The molecule has 12 N–H and O–H groups in total. The number of pyridine rings is 4. The summed E-state index contributed by atoms with van der Waals surface area (Å²) in [6, 6.07) is 97.5. The van der Waals surface area contributed by atoms with E-state index in [1.165, 1.54) is 24.3 Å². The molecular weight excluding hydrogens is 1940 g/mol. The van der Waals surface area contributed by atoms with E-state index in [0.29, 0.717) is 101 Å². The molecular formula is C117H113ClF8N16O8. The molecule has 0 atom stereocenters. The lowest BCUT2D eigenvalue weighted by Gasteiger charge is -2.15. The van der Waals surface area contributed by atoms with E-state index in [1.807, 2.05) is 224 Å². The fourth-order valence-corrected chi connectivity index (χ4v) is 15.2. The van der Waals surface area contributed by atoms with Gasteiger partial charge in [0, 0.05) is 157 Å². The molecule has 0 fully saturated rings. The number of carbonyl (C=O) groups excluding carboxylic acids is 8. The zero-order chi connectivity index (χ0) is 103. The Kier molecular flexibility index (Phi) is 44.8. The number of aromatic nitrogens is 4. The van der Waals surface area contributed by atoms with Gasteiger partial charge in [-0.25, -0.2) is 28.0 Å². The van der Waals surface area contributed by atoms with Gasteiger partial charge >= 0.3 is 36.5 Å². The molecule has 0 aliphatic rings. The van der Waals surface area contributed by atoms with Crippen molar-refractivity contribution in [1.82, 2.24) is 62.5 Å². The van der Waals surface area contributed by atoms with Crippen LogP contribution in [0.5, 0.6) is 0 Å². The van der Waals surface area contributed by atoms with E-state index in [2.05, 4.69) is 83.7 Å². The Morgan fingerprint density at radius 1 is 0.253 bits per heavy atom. The Labute approximate surface area is 870 Å². The molecule has 772 valence electrons. The van der Waals surface area contributed by atoms with Gasteiger partial charge in [0.05, 0.1) is 29.1 Å². The second-order valence-electron chi connectivity index (χ2n) is 32.3. The highest BCUT2D eigenvalue weighted by Crippen LogP contribution is 2.36. The molecule has 24 nitrogen and oxygen atoms in total.